The van der Waals surface area contributed by atoms with Crippen LogP contribution in [-0.2, 0) is 11.2 Å². The minimum Gasteiger partial charge on any atom is -0.339 e. The fourth-order valence-corrected chi connectivity index (χ4v) is 2.75. The van der Waals surface area contributed by atoms with Crippen molar-refractivity contribution in [3.63, 3.8) is 0 Å². The van der Waals surface area contributed by atoms with Gasteiger partial charge in [-0.3, -0.25) is 4.79 Å². The van der Waals surface area contributed by atoms with Crippen molar-refractivity contribution in [2.45, 2.75) is 25.3 Å². The van der Waals surface area contributed by atoms with Gasteiger partial charge in [-0.25, -0.2) is 0 Å². The highest BCUT2D eigenvalue weighted by Gasteiger charge is 2.39. The molecule has 3 heteroatoms. The summed E-state index contributed by atoms with van der Waals surface area (Å²) in [5.74, 6) is 0.176. The fraction of sp³-hybridized carbons (Fsp3) is 0.353. The van der Waals surface area contributed by atoms with E-state index in [0.717, 1.165) is 12.0 Å². The van der Waals surface area contributed by atoms with Gasteiger partial charge in [0.1, 0.15) is 0 Å². The molecular weight excluding hydrogens is 248 g/mol. The van der Waals surface area contributed by atoms with Crippen LogP contribution in [-0.4, -0.2) is 29.4 Å². The molecule has 1 aliphatic heterocycles. The van der Waals surface area contributed by atoms with E-state index >= 15 is 0 Å². The van der Waals surface area contributed by atoms with E-state index in [4.69, 9.17) is 5.73 Å². The molecule has 0 unspecified atom stereocenters. The van der Waals surface area contributed by atoms with Gasteiger partial charge in [-0.15, -0.1) is 0 Å². The van der Waals surface area contributed by atoms with Crippen molar-refractivity contribution < 1.29 is 4.79 Å². The molecule has 104 valence electrons. The predicted octanol–water partition coefficient (Wildman–Crippen LogP) is 2.33. The number of hydrogen-bond acceptors (Lipinski definition) is 2. The Balaban J connectivity index is 1.69. The van der Waals surface area contributed by atoms with Gasteiger partial charge >= 0.3 is 0 Å². The van der Waals surface area contributed by atoms with Gasteiger partial charge in [0.25, 0.3) is 0 Å². The first-order valence-electron chi connectivity index (χ1n) is 7.14. The number of likely N-dealkylation sites (tertiary alicyclic amines) is 1. The van der Waals surface area contributed by atoms with Crippen molar-refractivity contribution >= 4 is 16.7 Å². The lowest BCUT2D eigenvalue weighted by Crippen LogP contribution is -2.68. The average Bonchev–Trinajstić information content (AvgIpc) is 2.43. The number of carbonyl (C=O) groups excluding carboxylic acids is 1. The summed E-state index contributed by atoms with van der Waals surface area (Å²) in [6.45, 7) is 3.46. The standard InChI is InChI=1S/C17H20N2O/c1-2-17(18)11-19(12-17)16(20)10-13-7-8-14-5-3-4-6-15(14)9-13/h3-9H,2,10-12,18H2,1H3. The molecule has 0 saturated carbocycles. The monoisotopic (exact) mass is 268 g/mol. The van der Waals surface area contributed by atoms with Crippen LogP contribution in [0.1, 0.15) is 18.9 Å². The van der Waals surface area contributed by atoms with Crippen LogP contribution in [0.4, 0.5) is 0 Å². The molecule has 0 bridgehead atoms. The zero-order chi connectivity index (χ0) is 14.2. The third-order valence-corrected chi connectivity index (χ3v) is 4.24. The Hall–Kier alpha value is -1.87. The van der Waals surface area contributed by atoms with E-state index in [1.807, 2.05) is 23.1 Å². The third kappa shape index (κ3) is 2.41. The van der Waals surface area contributed by atoms with Gasteiger partial charge in [-0.1, -0.05) is 49.4 Å². The molecule has 2 aromatic carbocycles. The summed E-state index contributed by atoms with van der Waals surface area (Å²) in [5, 5.41) is 2.39. The number of hydrogen-bond donors (Lipinski definition) is 1. The Morgan fingerprint density at radius 3 is 2.60 bits per heavy atom. The van der Waals surface area contributed by atoms with E-state index in [9.17, 15) is 4.79 Å². The Bertz CT molecular complexity index is 644. The first kappa shape index (κ1) is 13.1. The van der Waals surface area contributed by atoms with Crippen LogP contribution in [0.2, 0.25) is 0 Å². The van der Waals surface area contributed by atoms with Crippen molar-refractivity contribution in [1.82, 2.24) is 4.90 Å². The molecule has 0 radical (unpaired) electrons. The molecule has 3 nitrogen and oxygen atoms in total. The van der Waals surface area contributed by atoms with Crippen molar-refractivity contribution in [3.8, 4) is 0 Å². The topological polar surface area (TPSA) is 46.3 Å². The smallest absolute Gasteiger partial charge is 0.227 e. The second kappa shape index (κ2) is 4.91. The van der Waals surface area contributed by atoms with Gasteiger partial charge in [0.2, 0.25) is 5.91 Å². The fourth-order valence-electron chi connectivity index (χ4n) is 2.75. The second-order valence-corrected chi connectivity index (χ2v) is 5.82. The van der Waals surface area contributed by atoms with Gasteiger partial charge in [0.05, 0.1) is 12.0 Å². The lowest BCUT2D eigenvalue weighted by atomic mass is 9.88. The molecular formula is C17H20N2O. The average molecular weight is 268 g/mol. The maximum atomic E-state index is 12.2. The van der Waals surface area contributed by atoms with Crippen LogP contribution >= 0.6 is 0 Å². The molecule has 1 amide bonds. The van der Waals surface area contributed by atoms with E-state index in [0.29, 0.717) is 19.5 Å². The number of amides is 1. The maximum absolute atomic E-state index is 12.2. The zero-order valence-electron chi connectivity index (χ0n) is 11.8. The molecule has 2 aromatic rings. The van der Waals surface area contributed by atoms with Gasteiger partial charge in [-0.05, 0) is 22.8 Å². The first-order valence-corrected chi connectivity index (χ1v) is 7.14. The van der Waals surface area contributed by atoms with Crippen LogP contribution in [0, 0.1) is 0 Å². The second-order valence-electron chi connectivity index (χ2n) is 5.82. The number of benzene rings is 2. The van der Waals surface area contributed by atoms with Gasteiger partial charge < -0.3 is 10.6 Å². The van der Waals surface area contributed by atoms with Crippen molar-refractivity contribution in [3.05, 3.63) is 48.0 Å². The Morgan fingerprint density at radius 1 is 1.20 bits per heavy atom. The van der Waals surface area contributed by atoms with Crippen LogP contribution < -0.4 is 5.73 Å². The predicted molar refractivity (Wildman–Crippen MR) is 81.4 cm³/mol. The molecule has 1 heterocycles. The van der Waals surface area contributed by atoms with Crippen LogP contribution in [0.25, 0.3) is 10.8 Å². The molecule has 20 heavy (non-hydrogen) atoms. The van der Waals surface area contributed by atoms with E-state index in [1.54, 1.807) is 0 Å². The molecule has 1 saturated heterocycles. The van der Waals surface area contributed by atoms with Crippen molar-refractivity contribution in [1.29, 1.82) is 0 Å². The minimum absolute atomic E-state index is 0.154. The quantitative estimate of drug-likeness (QED) is 0.928. The number of rotatable bonds is 3. The van der Waals surface area contributed by atoms with Crippen LogP contribution in [0.3, 0.4) is 0 Å². The number of carbonyl (C=O) groups is 1. The SMILES string of the molecule is CCC1(N)CN(C(=O)Cc2ccc3ccccc3c2)C1. The molecule has 0 aliphatic carbocycles. The highest BCUT2D eigenvalue weighted by atomic mass is 16.2. The van der Waals surface area contributed by atoms with E-state index in [2.05, 4.69) is 31.2 Å². The van der Waals surface area contributed by atoms with Crippen molar-refractivity contribution in [2.75, 3.05) is 13.1 Å². The molecule has 1 fully saturated rings. The highest BCUT2D eigenvalue weighted by Crippen LogP contribution is 2.23. The highest BCUT2D eigenvalue weighted by molar-refractivity contribution is 5.85. The number of nitrogens with two attached hydrogens (primary N) is 1. The molecule has 2 N–H and O–H groups in total. The molecule has 0 spiro atoms. The largest absolute Gasteiger partial charge is 0.339 e. The summed E-state index contributed by atoms with van der Waals surface area (Å²) in [4.78, 5) is 14.1. The van der Waals surface area contributed by atoms with Crippen LogP contribution in [0.15, 0.2) is 42.5 Å². The molecule has 3 rings (SSSR count). The van der Waals surface area contributed by atoms with E-state index in [-0.39, 0.29) is 11.4 Å². The number of fused-ring (bicyclic) bond motifs is 1. The summed E-state index contributed by atoms with van der Waals surface area (Å²) in [7, 11) is 0. The maximum Gasteiger partial charge on any atom is 0.227 e. The zero-order valence-corrected chi connectivity index (χ0v) is 11.8. The summed E-state index contributed by atoms with van der Waals surface area (Å²) >= 11 is 0. The van der Waals surface area contributed by atoms with Gasteiger partial charge in [0.15, 0.2) is 0 Å². The Morgan fingerprint density at radius 2 is 1.90 bits per heavy atom. The van der Waals surface area contributed by atoms with Gasteiger partial charge in [0, 0.05) is 13.1 Å². The lowest BCUT2D eigenvalue weighted by Gasteiger charge is -2.47. The lowest BCUT2D eigenvalue weighted by molar-refractivity contribution is -0.137. The Kier molecular flexibility index (Phi) is 3.22. The number of nitrogens with zero attached hydrogens (tertiary/aromatic N) is 1. The summed E-state index contributed by atoms with van der Waals surface area (Å²) in [5.41, 5.74) is 7.02. The first-order chi connectivity index (χ1) is 9.59. The summed E-state index contributed by atoms with van der Waals surface area (Å²) in [6.07, 6.45) is 1.39. The Labute approximate surface area is 119 Å². The van der Waals surface area contributed by atoms with E-state index < -0.39 is 0 Å². The summed E-state index contributed by atoms with van der Waals surface area (Å²) in [6, 6.07) is 14.4. The van der Waals surface area contributed by atoms with Crippen LogP contribution in [0.5, 0.6) is 0 Å². The van der Waals surface area contributed by atoms with Crippen molar-refractivity contribution in [2.24, 2.45) is 5.73 Å². The minimum atomic E-state index is -0.154. The normalized spacial score (nSPS) is 17.0. The van der Waals surface area contributed by atoms with Gasteiger partial charge in [-0.2, -0.15) is 0 Å². The molecule has 0 atom stereocenters. The van der Waals surface area contributed by atoms with E-state index in [1.165, 1.54) is 10.8 Å². The molecule has 1 aliphatic rings. The summed E-state index contributed by atoms with van der Waals surface area (Å²) < 4.78 is 0. The third-order valence-electron chi connectivity index (χ3n) is 4.24. The molecule has 0 aromatic heterocycles.